The molecule has 1 amide bonds. The standard InChI is InChI=1S/C13H19Cl2N3O/c1-13(2,18(3)4)7-17-12(19)9-5-8(16)6-10(14)11(9)15/h5-6H,7,16H2,1-4H3,(H,17,19). The van der Waals surface area contributed by atoms with Gasteiger partial charge in [0.25, 0.3) is 5.91 Å². The summed E-state index contributed by atoms with van der Waals surface area (Å²) in [5.74, 6) is -0.283. The van der Waals surface area contributed by atoms with Crippen molar-refractivity contribution in [2.24, 2.45) is 0 Å². The molecular weight excluding hydrogens is 285 g/mol. The smallest absolute Gasteiger partial charge is 0.252 e. The van der Waals surface area contributed by atoms with E-state index in [9.17, 15) is 4.79 Å². The summed E-state index contributed by atoms with van der Waals surface area (Å²) in [6.07, 6.45) is 0. The molecule has 1 aromatic carbocycles. The Morgan fingerprint density at radius 2 is 1.95 bits per heavy atom. The number of anilines is 1. The van der Waals surface area contributed by atoms with Crippen molar-refractivity contribution in [3.8, 4) is 0 Å². The molecule has 0 aliphatic carbocycles. The van der Waals surface area contributed by atoms with Gasteiger partial charge in [0.05, 0.1) is 15.6 Å². The van der Waals surface area contributed by atoms with Gasteiger partial charge in [0, 0.05) is 17.8 Å². The van der Waals surface area contributed by atoms with Crippen molar-refractivity contribution < 1.29 is 4.79 Å². The van der Waals surface area contributed by atoms with Gasteiger partial charge in [-0.1, -0.05) is 23.2 Å². The predicted molar refractivity (Wildman–Crippen MR) is 81.0 cm³/mol. The van der Waals surface area contributed by atoms with Crippen LogP contribution in [0.25, 0.3) is 0 Å². The number of carbonyl (C=O) groups is 1. The summed E-state index contributed by atoms with van der Waals surface area (Å²) in [5.41, 5.74) is 6.21. The number of nitrogens with two attached hydrogens (primary N) is 1. The minimum absolute atomic E-state index is 0.160. The lowest BCUT2D eigenvalue weighted by Crippen LogP contribution is -2.48. The molecular formula is C13H19Cl2N3O. The van der Waals surface area contributed by atoms with Crippen LogP contribution in [0.3, 0.4) is 0 Å². The number of benzene rings is 1. The first kappa shape index (κ1) is 16.1. The van der Waals surface area contributed by atoms with Crippen LogP contribution in [-0.4, -0.2) is 37.0 Å². The zero-order chi connectivity index (χ0) is 14.8. The molecule has 0 saturated heterocycles. The predicted octanol–water partition coefficient (Wildman–Crippen LogP) is 2.65. The minimum atomic E-state index is -0.283. The molecule has 0 spiro atoms. The van der Waals surface area contributed by atoms with E-state index in [2.05, 4.69) is 5.32 Å². The number of likely N-dealkylation sites (N-methyl/N-ethyl adjacent to an activating group) is 1. The third-order valence-corrected chi connectivity index (χ3v) is 3.99. The Morgan fingerprint density at radius 3 is 2.47 bits per heavy atom. The lowest BCUT2D eigenvalue weighted by atomic mass is 10.0. The Bertz CT molecular complexity index is 487. The van der Waals surface area contributed by atoms with Crippen LogP contribution in [0.2, 0.25) is 10.0 Å². The fourth-order valence-electron chi connectivity index (χ4n) is 1.33. The van der Waals surface area contributed by atoms with E-state index in [0.29, 0.717) is 17.8 Å². The molecule has 0 bridgehead atoms. The maximum atomic E-state index is 12.1. The molecule has 0 heterocycles. The van der Waals surface area contributed by atoms with Crippen LogP contribution < -0.4 is 11.1 Å². The largest absolute Gasteiger partial charge is 0.399 e. The fraction of sp³-hybridized carbons (Fsp3) is 0.462. The molecule has 19 heavy (non-hydrogen) atoms. The van der Waals surface area contributed by atoms with Crippen molar-refractivity contribution in [3.05, 3.63) is 27.7 Å². The first-order valence-corrected chi connectivity index (χ1v) is 6.61. The van der Waals surface area contributed by atoms with Crippen molar-refractivity contribution >= 4 is 34.8 Å². The maximum Gasteiger partial charge on any atom is 0.252 e. The van der Waals surface area contributed by atoms with Gasteiger partial charge in [0.1, 0.15) is 0 Å². The maximum absolute atomic E-state index is 12.1. The van der Waals surface area contributed by atoms with Crippen LogP contribution in [-0.2, 0) is 0 Å². The van der Waals surface area contributed by atoms with E-state index in [0.717, 1.165) is 0 Å². The van der Waals surface area contributed by atoms with E-state index < -0.39 is 0 Å². The van der Waals surface area contributed by atoms with Gasteiger partial charge in [-0.05, 0) is 40.1 Å². The third kappa shape index (κ3) is 4.00. The molecule has 0 unspecified atom stereocenters. The Labute approximate surface area is 123 Å². The molecule has 0 aliphatic rings. The number of hydrogen-bond donors (Lipinski definition) is 2. The van der Waals surface area contributed by atoms with Crippen LogP contribution in [0.1, 0.15) is 24.2 Å². The summed E-state index contributed by atoms with van der Waals surface area (Å²) in [6, 6.07) is 3.04. The molecule has 0 radical (unpaired) electrons. The fourth-order valence-corrected chi connectivity index (χ4v) is 1.75. The molecule has 106 valence electrons. The summed E-state index contributed by atoms with van der Waals surface area (Å²) in [5, 5.41) is 3.33. The third-order valence-electron chi connectivity index (χ3n) is 3.19. The number of amides is 1. The molecule has 1 rings (SSSR count). The second kappa shape index (κ2) is 5.99. The van der Waals surface area contributed by atoms with Crippen LogP contribution in [0, 0.1) is 0 Å². The number of nitrogens with one attached hydrogen (secondary N) is 1. The number of carbonyl (C=O) groups excluding carboxylic acids is 1. The van der Waals surface area contributed by atoms with E-state index >= 15 is 0 Å². The topological polar surface area (TPSA) is 58.4 Å². The van der Waals surface area contributed by atoms with Crippen LogP contribution >= 0.6 is 23.2 Å². The molecule has 6 heteroatoms. The van der Waals surface area contributed by atoms with Crippen LogP contribution in [0.4, 0.5) is 5.69 Å². The van der Waals surface area contributed by atoms with Crippen LogP contribution in [0.15, 0.2) is 12.1 Å². The lowest BCUT2D eigenvalue weighted by Gasteiger charge is -2.32. The quantitative estimate of drug-likeness (QED) is 0.841. The van der Waals surface area contributed by atoms with E-state index in [1.165, 1.54) is 12.1 Å². The normalized spacial score (nSPS) is 11.7. The average molecular weight is 304 g/mol. The summed E-state index contributed by atoms with van der Waals surface area (Å²) in [4.78, 5) is 14.1. The lowest BCUT2D eigenvalue weighted by molar-refractivity contribution is 0.0920. The van der Waals surface area contributed by atoms with Crippen molar-refractivity contribution in [1.82, 2.24) is 10.2 Å². The van der Waals surface area contributed by atoms with Gasteiger partial charge in [-0.3, -0.25) is 4.79 Å². The first-order chi connectivity index (χ1) is 8.65. The summed E-state index contributed by atoms with van der Waals surface area (Å²) in [7, 11) is 3.91. The molecule has 3 N–H and O–H groups in total. The van der Waals surface area contributed by atoms with E-state index in [4.69, 9.17) is 28.9 Å². The second-order valence-electron chi connectivity index (χ2n) is 5.25. The highest BCUT2D eigenvalue weighted by atomic mass is 35.5. The molecule has 0 aromatic heterocycles. The Morgan fingerprint density at radius 1 is 1.37 bits per heavy atom. The summed E-state index contributed by atoms with van der Waals surface area (Å²) >= 11 is 11.9. The summed E-state index contributed by atoms with van der Waals surface area (Å²) < 4.78 is 0. The summed E-state index contributed by atoms with van der Waals surface area (Å²) in [6.45, 7) is 4.55. The monoisotopic (exact) mass is 303 g/mol. The Kier molecular flexibility index (Phi) is 5.07. The zero-order valence-electron chi connectivity index (χ0n) is 11.6. The van der Waals surface area contributed by atoms with Gasteiger partial charge in [0.2, 0.25) is 0 Å². The van der Waals surface area contributed by atoms with Gasteiger partial charge in [-0.15, -0.1) is 0 Å². The highest BCUT2D eigenvalue weighted by Crippen LogP contribution is 2.28. The van der Waals surface area contributed by atoms with Gasteiger partial charge >= 0.3 is 0 Å². The SMILES string of the molecule is CN(C)C(C)(C)CNC(=O)c1cc(N)cc(Cl)c1Cl. The first-order valence-electron chi connectivity index (χ1n) is 5.85. The van der Waals surface area contributed by atoms with Crippen molar-refractivity contribution in [2.75, 3.05) is 26.4 Å². The number of rotatable bonds is 4. The van der Waals surface area contributed by atoms with E-state index in [1.54, 1.807) is 0 Å². The van der Waals surface area contributed by atoms with Crippen molar-refractivity contribution in [2.45, 2.75) is 19.4 Å². The van der Waals surface area contributed by atoms with Gasteiger partial charge in [0.15, 0.2) is 0 Å². The number of nitrogens with zero attached hydrogens (tertiary/aromatic N) is 1. The number of halogens is 2. The molecule has 0 aliphatic heterocycles. The van der Waals surface area contributed by atoms with Crippen molar-refractivity contribution in [3.63, 3.8) is 0 Å². The molecule has 0 fully saturated rings. The number of hydrogen-bond acceptors (Lipinski definition) is 3. The second-order valence-corrected chi connectivity index (χ2v) is 6.04. The highest BCUT2D eigenvalue weighted by molar-refractivity contribution is 6.44. The van der Waals surface area contributed by atoms with Crippen molar-refractivity contribution in [1.29, 1.82) is 0 Å². The molecule has 1 aromatic rings. The molecule has 4 nitrogen and oxygen atoms in total. The highest BCUT2D eigenvalue weighted by Gasteiger charge is 2.22. The van der Waals surface area contributed by atoms with Gasteiger partial charge in [-0.25, -0.2) is 0 Å². The van der Waals surface area contributed by atoms with E-state index in [1.807, 2.05) is 32.8 Å². The minimum Gasteiger partial charge on any atom is -0.399 e. The van der Waals surface area contributed by atoms with Gasteiger partial charge < -0.3 is 16.0 Å². The van der Waals surface area contributed by atoms with E-state index in [-0.39, 0.29) is 21.5 Å². The molecule has 0 saturated carbocycles. The van der Waals surface area contributed by atoms with Crippen LogP contribution in [0.5, 0.6) is 0 Å². The molecule has 0 atom stereocenters. The Balaban J connectivity index is 2.86. The Hall–Kier alpha value is -0.970. The van der Waals surface area contributed by atoms with Gasteiger partial charge in [-0.2, -0.15) is 0 Å². The number of nitrogen functional groups attached to an aromatic ring is 1. The average Bonchev–Trinajstić information content (AvgIpc) is 2.30. The zero-order valence-corrected chi connectivity index (χ0v) is 13.1.